The van der Waals surface area contributed by atoms with Crippen LogP contribution in [-0.4, -0.2) is 26.6 Å². The van der Waals surface area contributed by atoms with Crippen molar-refractivity contribution < 1.29 is 14.0 Å². The van der Waals surface area contributed by atoms with Crippen LogP contribution in [0.3, 0.4) is 0 Å². The number of aromatic nitrogens is 3. The predicted octanol–water partition coefficient (Wildman–Crippen LogP) is 4.42. The molecule has 0 saturated carbocycles. The molecule has 7 nitrogen and oxygen atoms in total. The molecular formula is C20H17ClFN5O2. The van der Waals surface area contributed by atoms with Crippen molar-refractivity contribution >= 4 is 29.0 Å². The summed E-state index contributed by atoms with van der Waals surface area (Å²) in [6, 6.07) is 6.12. The van der Waals surface area contributed by atoms with Gasteiger partial charge in [-0.2, -0.15) is 0 Å². The zero-order valence-electron chi connectivity index (χ0n) is 15.7. The number of amides is 1. The second-order valence-electron chi connectivity index (χ2n) is 5.96. The van der Waals surface area contributed by atoms with Crippen molar-refractivity contribution in [2.24, 2.45) is 5.16 Å². The molecule has 3 heterocycles. The van der Waals surface area contributed by atoms with E-state index >= 15 is 0 Å². The lowest BCUT2D eigenvalue weighted by Gasteiger charge is -2.08. The highest BCUT2D eigenvalue weighted by Gasteiger charge is 2.13. The molecule has 0 fully saturated rings. The number of halogens is 2. The molecule has 9 heteroatoms. The third-order valence-corrected chi connectivity index (χ3v) is 4.24. The lowest BCUT2D eigenvalue weighted by atomic mass is 10.1. The van der Waals surface area contributed by atoms with E-state index in [9.17, 15) is 9.18 Å². The van der Waals surface area contributed by atoms with Crippen molar-refractivity contribution in [1.29, 1.82) is 0 Å². The van der Waals surface area contributed by atoms with E-state index in [1.54, 1.807) is 37.5 Å². The zero-order chi connectivity index (χ0) is 20.8. The van der Waals surface area contributed by atoms with Crippen LogP contribution in [0, 0.1) is 12.7 Å². The topological polar surface area (TPSA) is 89.4 Å². The van der Waals surface area contributed by atoms with Crippen molar-refractivity contribution in [3.8, 4) is 5.75 Å². The molecule has 3 rings (SSSR count). The summed E-state index contributed by atoms with van der Waals surface area (Å²) in [6.45, 7) is 3.55. The first-order valence-corrected chi connectivity index (χ1v) is 9.09. The molecule has 0 saturated heterocycles. The van der Waals surface area contributed by atoms with Crippen LogP contribution in [-0.2, 0) is 0 Å². The normalized spacial score (nSPS) is 11.2. The van der Waals surface area contributed by atoms with Crippen LogP contribution in [0.25, 0.3) is 0 Å². The molecular weight excluding hydrogens is 397 g/mol. The van der Waals surface area contributed by atoms with E-state index < -0.39 is 11.7 Å². The summed E-state index contributed by atoms with van der Waals surface area (Å²) in [4.78, 5) is 29.7. The Hall–Kier alpha value is -3.39. The van der Waals surface area contributed by atoms with E-state index in [2.05, 4.69) is 25.4 Å². The van der Waals surface area contributed by atoms with Crippen LogP contribution >= 0.6 is 11.6 Å². The Morgan fingerprint density at radius 1 is 1.24 bits per heavy atom. The zero-order valence-corrected chi connectivity index (χ0v) is 16.4. The number of nitrogens with zero attached hydrogens (tertiary/aromatic N) is 4. The van der Waals surface area contributed by atoms with E-state index in [1.165, 1.54) is 6.20 Å². The first-order valence-electron chi connectivity index (χ1n) is 8.71. The van der Waals surface area contributed by atoms with Gasteiger partial charge in [-0.25, -0.2) is 9.37 Å². The van der Waals surface area contributed by atoms with Crippen LogP contribution in [0.5, 0.6) is 5.75 Å². The van der Waals surface area contributed by atoms with Crippen molar-refractivity contribution in [3.05, 3.63) is 76.7 Å². The minimum absolute atomic E-state index is 0.148. The fourth-order valence-electron chi connectivity index (χ4n) is 2.42. The van der Waals surface area contributed by atoms with Gasteiger partial charge in [-0.3, -0.25) is 14.8 Å². The van der Waals surface area contributed by atoms with E-state index in [0.717, 1.165) is 17.8 Å². The Bertz CT molecular complexity index is 1060. The number of hydrogen-bond acceptors (Lipinski definition) is 6. The van der Waals surface area contributed by atoms with Gasteiger partial charge in [0.15, 0.2) is 5.75 Å². The lowest BCUT2D eigenvalue weighted by molar-refractivity contribution is 0.102. The number of rotatable bonds is 6. The van der Waals surface area contributed by atoms with Gasteiger partial charge in [0.2, 0.25) is 0 Å². The maximum Gasteiger partial charge on any atom is 0.258 e. The summed E-state index contributed by atoms with van der Waals surface area (Å²) in [5.41, 5.74) is 1.94. The minimum Gasteiger partial charge on any atom is -0.355 e. The second kappa shape index (κ2) is 9.20. The van der Waals surface area contributed by atoms with E-state index in [4.69, 9.17) is 16.4 Å². The highest BCUT2D eigenvalue weighted by atomic mass is 35.5. The van der Waals surface area contributed by atoms with Gasteiger partial charge in [0.05, 0.1) is 23.2 Å². The van der Waals surface area contributed by atoms with E-state index in [-0.39, 0.29) is 5.56 Å². The number of hydrogen-bond donors (Lipinski definition) is 1. The van der Waals surface area contributed by atoms with Gasteiger partial charge < -0.3 is 10.2 Å². The van der Waals surface area contributed by atoms with E-state index in [1.807, 2.05) is 6.92 Å². The Morgan fingerprint density at radius 2 is 2.07 bits per heavy atom. The highest BCUT2D eigenvalue weighted by molar-refractivity contribution is 6.31. The molecule has 0 bridgehead atoms. The molecule has 0 aliphatic carbocycles. The standard InChI is InChI=1S/C20H17ClFN5O2/c1-3-17(27-29-18-6-7-23-11-16(18)21)13-4-5-19(25-9-13)26-20(28)15-8-14(22)10-24-12(15)2/h4-11H,3H2,1-2H3,(H,25,26,28). The first-order chi connectivity index (χ1) is 14.0. The maximum absolute atomic E-state index is 13.4. The van der Waals surface area contributed by atoms with Gasteiger partial charge in [-0.1, -0.05) is 23.7 Å². The summed E-state index contributed by atoms with van der Waals surface area (Å²) < 4.78 is 13.4. The monoisotopic (exact) mass is 413 g/mol. The highest BCUT2D eigenvalue weighted by Crippen LogP contribution is 2.22. The summed E-state index contributed by atoms with van der Waals surface area (Å²) in [5, 5.41) is 7.11. The summed E-state index contributed by atoms with van der Waals surface area (Å²) in [5.74, 6) is -0.364. The Balaban J connectivity index is 1.73. The van der Waals surface area contributed by atoms with Crippen molar-refractivity contribution in [3.63, 3.8) is 0 Å². The van der Waals surface area contributed by atoms with Gasteiger partial charge in [0, 0.05) is 30.2 Å². The average Bonchev–Trinajstić information content (AvgIpc) is 2.72. The van der Waals surface area contributed by atoms with Crippen LogP contribution in [0.2, 0.25) is 5.02 Å². The third kappa shape index (κ3) is 5.11. The first kappa shape index (κ1) is 20.3. The Kier molecular flexibility index (Phi) is 6.46. The molecule has 1 N–H and O–H groups in total. The number of pyridine rings is 3. The largest absolute Gasteiger partial charge is 0.355 e. The molecule has 0 radical (unpaired) electrons. The second-order valence-corrected chi connectivity index (χ2v) is 6.37. The number of nitrogens with one attached hydrogen (secondary N) is 1. The Labute approximate surface area is 171 Å². The molecule has 0 atom stereocenters. The predicted molar refractivity (Wildman–Crippen MR) is 108 cm³/mol. The minimum atomic E-state index is -0.581. The van der Waals surface area contributed by atoms with Gasteiger partial charge >= 0.3 is 0 Å². The van der Waals surface area contributed by atoms with Crippen molar-refractivity contribution in [2.45, 2.75) is 20.3 Å². The molecule has 0 unspecified atom stereocenters. The quantitative estimate of drug-likeness (QED) is 0.477. The molecule has 1 amide bonds. The molecule has 0 aliphatic heterocycles. The maximum atomic E-state index is 13.4. The van der Waals surface area contributed by atoms with Gasteiger partial charge in [-0.15, -0.1) is 0 Å². The molecule has 3 aromatic heterocycles. The van der Waals surface area contributed by atoms with Crippen molar-refractivity contribution in [2.75, 3.05) is 5.32 Å². The SMILES string of the molecule is CCC(=NOc1ccncc1Cl)c1ccc(NC(=O)c2cc(F)cnc2C)nc1. The van der Waals surface area contributed by atoms with Gasteiger partial charge in [0.25, 0.3) is 5.91 Å². The Morgan fingerprint density at radius 3 is 2.76 bits per heavy atom. The number of carbonyl (C=O) groups excluding carboxylic acids is 1. The fraction of sp³-hybridized carbons (Fsp3) is 0.150. The summed E-state index contributed by atoms with van der Waals surface area (Å²) in [7, 11) is 0. The number of aryl methyl sites for hydroxylation is 1. The number of carbonyl (C=O) groups is 1. The van der Waals surface area contributed by atoms with Crippen LogP contribution < -0.4 is 10.2 Å². The fourth-order valence-corrected chi connectivity index (χ4v) is 2.58. The molecule has 0 spiro atoms. The van der Waals surface area contributed by atoms with Crippen LogP contribution in [0.1, 0.15) is 35.0 Å². The van der Waals surface area contributed by atoms with Crippen molar-refractivity contribution in [1.82, 2.24) is 15.0 Å². The smallest absolute Gasteiger partial charge is 0.258 e. The number of oxime groups is 1. The molecule has 0 aromatic carbocycles. The van der Waals surface area contributed by atoms with Crippen LogP contribution in [0.15, 0.2) is 54.2 Å². The molecule has 3 aromatic rings. The third-order valence-electron chi connectivity index (χ3n) is 3.96. The number of anilines is 1. The van der Waals surface area contributed by atoms with Gasteiger partial charge in [-0.05, 0) is 31.5 Å². The van der Waals surface area contributed by atoms with E-state index in [0.29, 0.717) is 34.4 Å². The summed E-state index contributed by atoms with van der Waals surface area (Å²) in [6.07, 6.45) is 6.23. The lowest BCUT2D eigenvalue weighted by Crippen LogP contribution is -2.15. The molecule has 148 valence electrons. The molecule has 0 aliphatic rings. The summed E-state index contributed by atoms with van der Waals surface area (Å²) >= 11 is 6.00. The van der Waals surface area contributed by atoms with Crippen LogP contribution in [0.4, 0.5) is 10.2 Å². The van der Waals surface area contributed by atoms with Gasteiger partial charge in [0.1, 0.15) is 16.7 Å². The average molecular weight is 414 g/mol. The molecule has 29 heavy (non-hydrogen) atoms.